The predicted octanol–water partition coefficient (Wildman–Crippen LogP) is 4.72. The molecule has 4 heteroatoms. The van der Waals surface area contributed by atoms with Crippen LogP contribution in [-0.2, 0) is 0 Å². The molecule has 0 aliphatic carbocycles. The van der Waals surface area contributed by atoms with Gasteiger partial charge in [-0.15, -0.1) is 0 Å². The second-order valence-electron chi connectivity index (χ2n) is 6.82. The zero-order valence-corrected chi connectivity index (χ0v) is 17.5. The van der Waals surface area contributed by atoms with E-state index in [9.17, 15) is 4.79 Å². The van der Waals surface area contributed by atoms with E-state index in [0.717, 1.165) is 27.7 Å². The van der Waals surface area contributed by atoms with Gasteiger partial charge in [-0.1, -0.05) is 32.0 Å². The molecule has 0 amide bonds. The molecule has 1 unspecified atom stereocenters. The molecule has 0 saturated carbocycles. The molecule has 0 aliphatic rings. The first kappa shape index (κ1) is 22.0. The molecule has 0 fully saturated rings. The first-order chi connectivity index (χ1) is 11.3. The topological polar surface area (TPSA) is 26.3 Å². The fourth-order valence-electron chi connectivity index (χ4n) is 2.72. The zero-order valence-electron chi connectivity index (χ0n) is 16.5. The van der Waals surface area contributed by atoms with Crippen LogP contribution >= 0.6 is 8.58 Å². The minimum Gasteiger partial charge on any atom is -0.493 e. The molecule has 1 atom stereocenters. The molecule has 129 valence electrons. The Bertz CT molecular complexity index is 737. The minimum atomic E-state index is 0. The van der Waals surface area contributed by atoms with Gasteiger partial charge in [-0.2, -0.15) is 0 Å². The van der Waals surface area contributed by atoms with E-state index >= 15 is 0 Å². The van der Waals surface area contributed by atoms with Crippen molar-refractivity contribution >= 4 is 38.3 Å². The van der Waals surface area contributed by atoms with Crippen molar-refractivity contribution < 1.29 is 9.53 Å². The monoisotopic (exact) mass is 349 g/mol. The van der Waals surface area contributed by atoms with Crippen LogP contribution in [0.2, 0.25) is 0 Å². The van der Waals surface area contributed by atoms with Crippen molar-refractivity contribution in [3.05, 3.63) is 58.1 Å². The van der Waals surface area contributed by atoms with Crippen LogP contribution in [0.5, 0.6) is 5.75 Å². The summed E-state index contributed by atoms with van der Waals surface area (Å²) in [5, 5.41) is 1.05. The summed E-state index contributed by atoms with van der Waals surface area (Å²) < 4.78 is 5.70. The fraction of sp³-hybridized carbons (Fsp3) is 0.381. The Hall–Kier alpha value is -1.06. The number of carbonyl (C=O) groups excluding carboxylic acids is 1. The van der Waals surface area contributed by atoms with E-state index in [2.05, 4.69) is 40.7 Å². The molecule has 1 radical (unpaired) electrons. The van der Waals surface area contributed by atoms with E-state index in [4.69, 9.17) is 4.74 Å². The molecular weight excluding hydrogens is 322 g/mol. The molecule has 2 nitrogen and oxygen atoms in total. The Morgan fingerprint density at radius 1 is 1.00 bits per heavy atom. The smallest absolute Gasteiger partial charge is 0.186 e. The van der Waals surface area contributed by atoms with Crippen molar-refractivity contribution in [2.24, 2.45) is 5.92 Å². The maximum Gasteiger partial charge on any atom is 0.186 e. The first-order valence-electron chi connectivity index (χ1n) is 8.41. The Morgan fingerprint density at radius 2 is 1.60 bits per heavy atom. The second-order valence-corrected chi connectivity index (χ2v) is 8.10. The number of aryl methyl sites for hydroxylation is 2. The summed E-state index contributed by atoms with van der Waals surface area (Å²) in [6.45, 7) is 13.2. The van der Waals surface area contributed by atoms with Crippen molar-refractivity contribution in [3.8, 4) is 5.75 Å². The molecule has 0 spiro atoms. The molecule has 0 bridgehead atoms. The van der Waals surface area contributed by atoms with Crippen LogP contribution in [0.4, 0.5) is 0 Å². The number of benzene rings is 2. The van der Waals surface area contributed by atoms with Gasteiger partial charge in [0.25, 0.3) is 0 Å². The van der Waals surface area contributed by atoms with Crippen molar-refractivity contribution in [2.45, 2.75) is 41.5 Å². The molecule has 0 aromatic heterocycles. The Labute approximate surface area is 165 Å². The molecule has 2 aromatic rings. The van der Waals surface area contributed by atoms with Gasteiger partial charge in [0, 0.05) is 24.4 Å². The minimum absolute atomic E-state index is 0. The third-order valence-corrected chi connectivity index (χ3v) is 5.38. The van der Waals surface area contributed by atoms with Crippen molar-refractivity contribution in [3.63, 3.8) is 0 Å². The van der Waals surface area contributed by atoms with E-state index in [-0.39, 0.29) is 33.0 Å². The normalized spacial score (nSPS) is 11.0. The fourth-order valence-corrected chi connectivity index (χ4v) is 3.83. The van der Waals surface area contributed by atoms with Gasteiger partial charge in [0.05, 0.1) is 6.61 Å². The number of carbonyl (C=O) groups is 1. The van der Waals surface area contributed by atoms with Crippen molar-refractivity contribution in [1.29, 1.82) is 0 Å². The summed E-state index contributed by atoms with van der Waals surface area (Å²) in [6.07, 6.45) is 0. The summed E-state index contributed by atoms with van der Waals surface area (Å²) in [5.41, 5.74) is 5.75. The summed E-state index contributed by atoms with van der Waals surface area (Å²) in [7, 11) is 0.141. The first-order valence-corrected chi connectivity index (χ1v) is 9.41. The van der Waals surface area contributed by atoms with E-state index < -0.39 is 0 Å². The predicted molar refractivity (Wildman–Crippen MR) is 110 cm³/mol. The van der Waals surface area contributed by atoms with Crippen LogP contribution in [-0.4, -0.2) is 31.0 Å². The van der Waals surface area contributed by atoms with Crippen LogP contribution < -0.4 is 10.0 Å². The van der Waals surface area contributed by atoms with Crippen LogP contribution in [0.15, 0.2) is 30.3 Å². The number of hydrogen-bond acceptors (Lipinski definition) is 2. The Balaban J connectivity index is 0.00000312. The van der Waals surface area contributed by atoms with Crippen LogP contribution in [0.3, 0.4) is 0 Å². The number of hydrogen-bond donors (Lipinski definition) is 0. The molecule has 25 heavy (non-hydrogen) atoms. The van der Waals surface area contributed by atoms with Gasteiger partial charge >= 0.3 is 0 Å². The standard InChI is InChI=1S/C21H27O2P.Li/c1-13(2)12-23-18-7-9-19(10-8-18)24-21(22)20-15(4)11-14(3)16(5)17(20)6;/h7-11,13,24H,12H2,1-6H3;. The number of ether oxygens (including phenoxy) is 1. The maximum absolute atomic E-state index is 12.8. The largest absolute Gasteiger partial charge is 0.493 e. The third-order valence-electron chi connectivity index (χ3n) is 4.28. The zero-order chi connectivity index (χ0) is 17.9. The van der Waals surface area contributed by atoms with Gasteiger partial charge in [0.2, 0.25) is 0 Å². The molecule has 0 N–H and O–H groups in total. The quantitative estimate of drug-likeness (QED) is 0.557. The SMILES string of the molecule is Cc1cc(C)c(C(=O)Pc2ccc(OCC(C)C)cc2)c(C)c1C.[Li]. The van der Waals surface area contributed by atoms with Crippen molar-refractivity contribution in [2.75, 3.05) is 6.61 Å². The van der Waals surface area contributed by atoms with E-state index in [0.29, 0.717) is 12.5 Å². The van der Waals surface area contributed by atoms with Crippen molar-refractivity contribution in [1.82, 2.24) is 0 Å². The van der Waals surface area contributed by atoms with Gasteiger partial charge in [-0.3, -0.25) is 4.79 Å². The molecule has 2 aromatic carbocycles. The van der Waals surface area contributed by atoms with Crippen LogP contribution in [0.25, 0.3) is 0 Å². The van der Waals surface area contributed by atoms with Crippen LogP contribution in [0, 0.1) is 33.6 Å². The van der Waals surface area contributed by atoms with E-state index in [1.807, 2.05) is 31.2 Å². The van der Waals surface area contributed by atoms with Gasteiger partial charge in [-0.25, -0.2) is 0 Å². The molecule has 0 aliphatic heterocycles. The maximum atomic E-state index is 12.8. The molecule has 0 saturated heterocycles. The summed E-state index contributed by atoms with van der Waals surface area (Å²) in [6, 6.07) is 10.0. The Kier molecular flexibility index (Phi) is 8.43. The molecular formula is C21H27LiO2P. The summed E-state index contributed by atoms with van der Waals surface area (Å²) >= 11 is 0. The average molecular weight is 349 g/mol. The molecule has 0 heterocycles. The van der Waals surface area contributed by atoms with Crippen LogP contribution in [0.1, 0.15) is 46.5 Å². The van der Waals surface area contributed by atoms with E-state index in [1.165, 1.54) is 11.1 Å². The number of rotatable bonds is 6. The summed E-state index contributed by atoms with van der Waals surface area (Å²) in [5.74, 6) is 1.37. The average Bonchev–Trinajstić information content (AvgIpc) is 2.52. The van der Waals surface area contributed by atoms with Gasteiger partial charge in [0.1, 0.15) is 5.75 Å². The third kappa shape index (κ3) is 5.72. The summed E-state index contributed by atoms with van der Waals surface area (Å²) in [4.78, 5) is 12.8. The Morgan fingerprint density at radius 3 is 2.16 bits per heavy atom. The van der Waals surface area contributed by atoms with E-state index in [1.54, 1.807) is 0 Å². The van der Waals surface area contributed by atoms with Gasteiger partial charge in [0.15, 0.2) is 5.52 Å². The van der Waals surface area contributed by atoms with Gasteiger partial charge < -0.3 is 4.74 Å². The second kappa shape index (κ2) is 9.58. The van der Waals surface area contributed by atoms with Gasteiger partial charge in [-0.05, 0) is 81.9 Å². The molecule has 2 rings (SSSR count).